The molecule has 0 aliphatic carbocycles. The lowest BCUT2D eigenvalue weighted by atomic mass is 10.2. The highest BCUT2D eigenvalue weighted by Gasteiger charge is 2.19. The van der Waals surface area contributed by atoms with Gasteiger partial charge in [0.15, 0.2) is 22.8 Å². The second-order valence-corrected chi connectivity index (χ2v) is 7.87. The Morgan fingerprint density at radius 2 is 1.97 bits per heavy atom. The van der Waals surface area contributed by atoms with Crippen LogP contribution in [0.1, 0.15) is 19.3 Å². The van der Waals surface area contributed by atoms with Gasteiger partial charge in [-0.2, -0.15) is 0 Å². The Morgan fingerprint density at radius 3 is 2.70 bits per heavy atom. The average Bonchev–Trinajstić information content (AvgIpc) is 3.48. The minimum Gasteiger partial charge on any atom is -0.481 e. The molecule has 9 nitrogen and oxygen atoms in total. The largest absolute Gasteiger partial charge is 0.481 e. The molecule has 1 aliphatic rings. The molecule has 5 rings (SSSR count). The minimum atomic E-state index is 0.246. The number of imidazole rings is 1. The van der Waals surface area contributed by atoms with Gasteiger partial charge in [-0.1, -0.05) is 18.2 Å². The Morgan fingerprint density at radius 1 is 1.09 bits per heavy atom. The lowest BCUT2D eigenvalue weighted by Crippen LogP contribution is -2.27. The van der Waals surface area contributed by atoms with Gasteiger partial charge >= 0.3 is 0 Å². The number of benzene rings is 1. The summed E-state index contributed by atoms with van der Waals surface area (Å²) in [5.41, 5.74) is 3.15. The predicted octanol–water partition coefficient (Wildman–Crippen LogP) is 3.31. The van der Waals surface area contributed by atoms with Gasteiger partial charge < -0.3 is 15.0 Å². The Labute approximate surface area is 191 Å². The summed E-state index contributed by atoms with van der Waals surface area (Å²) in [6, 6.07) is 13.6. The van der Waals surface area contributed by atoms with Gasteiger partial charge in [0.1, 0.15) is 6.33 Å². The first-order chi connectivity index (χ1) is 16.2. The van der Waals surface area contributed by atoms with E-state index < -0.39 is 0 Å². The maximum absolute atomic E-state index is 11.9. The van der Waals surface area contributed by atoms with Crippen LogP contribution in [-0.4, -0.2) is 62.1 Å². The molecule has 1 saturated heterocycles. The molecular formula is C24H25N7O2. The Hall–Kier alpha value is -4.01. The van der Waals surface area contributed by atoms with E-state index in [4.69, 9.17) is 14.7 Å². The second kappa shape index (κ2) is 9.23. The number of carbonyl (C=O) groups excluding carboxylic acids is 1. The number of hydrogen-bond donors (Lipinski definition) is 1. The molecule has 4 heterocycles. The SMILES string of the molecule is COc1ccc(-c2nc(NCCCN3CCCC3=O)c3ncn(-c4ccccc4)c3n2)cn1. The van der Waals surface area contributed by atoms with E-state index in [1.807, 2.05) is 45.9 Å². The summed E-state index contributed by atoms with van der Waals surface area (Å²) in [7, 11) is 1.58. The van der Waals surface area contributed by atoms with Crippen LogP contribution in [0.3, 0.4) is 0 Å². The number of hydrogen-bond acceptors (Lipinski definition) is 7. The van der Waals surface area contributed by atoms with Gasteiger partial charge in [0.05, 0.1) is 7.11 Å². The topological polar surface area (TPSA) is 98.1 Å². The van der Waals surface area contributed by atoms with Crippen LogP contribution in [0, 0.1) is 0 Å². The number of para-hydroxylation sites is 1. The van der Waals surface area contributed by atoms with Crippen LogP contribution >= 0.6 is 0 Å². The lowest BCUT2D eigenvalue weighted by molar-refractivity contribution is -0.127. The van der Waals surface area contributed by atoms with Crippen LogP contribution in [0.5, 0.6) is 5.88 Å². The van der Waals surface area contributed by atoms with Gasteiger partial charge in [-0.3, -0.25) is 9.36 Å². The van der Waals surface area contributed by atoms with Crippen molar-refractivity contribution >= 4 is 22.9 Å². The van der Waals surface area contributed by atoms with Gasteiger partial charge in [0, 0.05) is 49.6 Å². The van der Waals surface area contributed by atoms with Gasteiger partial charge in [0.25, 0.3) is 0 Å². The summed E-state index contributed by atoms with van der Waals surface area (Å²) in [5.74, 6) is 1.99. The first-order valence-electron chi connectivity index (χ1n) is 11.1. The van der Waals surface area contributed by atoms with Gasteiger partial charge in [-0.25, -0.2) is 19.9 Å². The van der Waals surface area contributed by atoms with E-state index in [1.54, 1.807) is 25.7 Å². The average molecular weight is 444 g/mol. The number of fused-ring (bicyclic) bond motifs is 1. The van der Waals surface area contributed by atoms with Gasteiger partial charge in [-0.05, 0) is 31.0 Å². The summed E-state index contributed by atoms with van der Waals surface area (Å²) in [6.45, 7) is 2.27. The van der Waals surface area contributed by atoms with Crippen molar-refractivity contribution in [3.05, 3.63) is 55.0 Å². The van der Waals surface area contributed by atoms with E-state index in [0.29, 0.717) is 41.7 Å². The molecule has 1 aromatic carbocycles. The summed E-state index contributed by atoms with van der Waals surface area (Å²) >= 11 is 0. The molecule has 33 heavy (non-hydrogen) atoms. The van der Waals surface area contributed by atoms with Crippen molar-refractivity contribution in [2.24, 2.45) is 0 Å². The van der Waals surface area contributed by atoms with Crippen LogP contribution in [0.15, 0.2) is 55.0 Å². The molecule has 0 unspecified atom stereocenters. The van der Waals surface area contributed by atoms with Crippen molar-refractivity contribution in [2.75, 3.05) is 32.1 Å². The Balaban J connectivity index is 1.46. The third-order valence-corrected chi connectivity index (χ3v) is 5.70. The molecule has 1 aliphatic heterocycles. The zero-order chi connectivity index (χ0) is 22.6. The van der Waals surface area contributed by atoms with Crippen molar-refractivity contribution in [3.63, 3.8) is 0 Å². The molecule has 1 N–H and O–H groups in total. The van der Waals surface area contributed by atoms with Crippen LogP contribution in [0.4, 0.5) is 5.82 Å². The number of methoxy groups -OCH3 is 1. The fraction of sp³-hybridized carbons (Fsp3) is 0.292. The van der Waals surface area contributed by atoms with E-state index in [9.17, 15) is 4.79 Å². The zero-order valence-electron chi connectivity index (χ0n) is 18.4. The fourth-order valence-electron chi connectivity index (χ4n) is 3.98. The normalized spacial score (nSPS) is 13.6. The standard InChI is InChI=1S/C24H25N7O2/c1-33-19-11-10-17(15-26-19)22-28-23(25-12-6-14-30-13-5-9-20(30)32)21-24(29-22)31(16-27-21)18-7-3-2-4-8-18/h2-4,7-8,10-11,15-16H,5-6,9,12-14H2,1H3,(H,25,28,29). The summed E-state index contributed by atoms with van der Waals surface area (Å²) in [5, 5.41) is 3.41. The quantitative estimate of drug-likeness (QED) is 0.417. The Kier molecular flexibility index (Phi) is 5.84. The molecule has 0 bridgehead atoms. The molecule has 0 atom stereocenters. The van der Waals surface area contributed by atoms with Crippen LogP contribution < -0.4 is 10.1 Å². The maximum atomic E-state index is 11.9. The maximum Gasteiger partial charge on any atom is 0.222 e. The lowest BCUT2D eigenvalue weighted by Gasteiger charge is -2.15. The van der Waals surface area contributed by atoms with E-state index in [-0.39, 0.29) is 5.91 Å². The van der Waals surface area contributed by atoms with E-state index in [1.165, 1.54) is 0 Å². The van der Waals surface area contributed by atoms with Crippen molar-refractivity contribution in [1.82, 2.24) is 29.4 Å². The molecule has 4 aromatic rings. The van der Waals surface area contributed by atoms with Crippen molar-refractivity contribution < 1.29 is 9.53 Å². The van der Waals surface area contributed by atoms with Crippen LogP contribution in [0.25, 0.3) is 28.2 Å². The Bertz CT molecular complexity index is 1260. The molecule has 1 fully saturated rings. The number of pyridine rings is 1. The number of amides is 1. The van der Waals surface area contributed by atoms with Crippen molar-refractivity contribution in [3.8, 4) is 23.0 Å². The summed E-state index contributed by atoms with van der Waals surface area (Å²) in [6.07, 6.45) is 5.91. The molecule has 3 aromatic heterocycles. The zero-order valence-corrected chi connectivity index (χ0v) is 18.4. The molecule has 168 valence electrons. The highest BCUT2D eigenvalue weighted by atomic mass is 16.5. The monoisotopic (exact) mass is 443 g/mol. The highest BCUT2D eigenvalue weighted by molar-refractivity contribution is 5.86. The number of nitrogens with zero attached hydrogens (tertiary/aromatic N) is 6. The number of ether oxygens (including phenoxy) is 1. The third-order valence-electron chi connectivity index (χ3n) is 5.70. The fourth-order valence-corrected chi connectivity index (χ4v) is 3.98. The molecular weight excluding hydrogens is 418 g/mol. The number of aromatic nitrogens is 5. The van der Waals surface area contributed by atoms with Crippen LogP contribution in [0.2, 0.25) is 0 Å². The van der Waals surface area contributed by atoms with E-state index in [2.05, 4.69) is 15.3 Å². The molecule has 0 saturated carbocycles. The van der Waals surface area contributed by atoms with Gasteiger partial charge in [0.2, 0.25) is 11.8 Å². The highest BCUT2D eigenvalue weighted by Crippen LogP contribution is 2.26. The first kappa shape index (κ1) is 20.9. The number of anilines is 1. The molecule has 0 radical (unpaired) electrons. The number of carbonyl (C=O) groups is 1. The van der Waals surface area contributed by atoms with E-state index in [0.717, 1.165) is 37.2 Å². The molecule has 1 amide bonds. The number of likely N-dealkylation sites (tertiary alicyclic amines) is 1. The predicted molar refractivity (Wildman–Crippen MR) is 125 cm³/mol. The summed E-state index contributed by atoms with van der Waals surface area (Å²) in [4.78, 5) is 32.3. The number of nitrogens with one attached hydrogen (secondary N) is 1. The minimum absolute atomic E-state index is 0.246. The molecule has 0 spiro atoms. The third kappa shape index (κ3) is 4.34. The van der Waals surface area contributed by atoms with E-state index >= 15 is 0 Å². The van der Waals surface area contributed by atoms with Crippen molar-refractivity contribution in [1.29, 1.82) is 0 Å². The number of rotatable bonds is 8. The molecule has 9 heteroatoms. The first-order valence-corrected chi connectivity index (χ1v) is 11.1. The van der Waals surface area contributed by atoms with Crippen molar-refractivity contribution in [2.45, 2.75) is 19.3 Å². The second-order valence-electron chi connectivity index (χ2n) is 7.87. The van der Waals surface area contributed by atoms with Gasteiger partial charge in [-0.15, -0.1) is 0 Å². The van der Waals surface area contributed by atoms with Crippen LogP contribution in [-0.2, 0) is 4.79 Å². The summed E-state index contributed by atoms with van der Waals surface area (Å²) < 4.78 is 7.12. The smallest absolute Gasteiger partial charge is 0.222 e.